The highest BCUT2D eigenvalue weighted by molar-refractivity contribution is 7.10. The number of hydrazine groups is 1. The molecule has 0 bridgehead atoms. The summed E-state index contributed by atoms with van der Waals surface area (Å²) in [6.45, 7) is 1.38. The minimum absolute atomic E-state index is 0.0936. The van der Waals surface area contributed by atoms with Crippen LogP contribution in [0.4, 0.5) is 0 Å². The van der Waals surface area contributed by atoms with E-state index in [0.29, 0.717) is 13.2 Å². The molecule has 1 unspecified atom stereocenters. The van der Waals surface area contributed by atoms with Gasteiger partial charge >= 0.3 is 0 Å². The second-order valence-corrected chi connectivity index (χ2v) is 5.47. The summed E-state index contributed by atoms with van der Waals surface area (Å²) in [5.41, 5.74) is 2.52. The van der Waals surface area contributed by atoms with Gasteiger partial charge in [0.15, 0.2) is 0 Å². The Hall–Kier alpha value is -0.170. The molecule has 1 aromatic rings. The molecule has 4 nitrogen and oxygen atoms in total. The molecule has 0 radical (unpaired) electrons. The summed E-state index contributed by atoms with van der Waals surface area (Å²) in [6, 6.07) is 1.79. The van der Waals surface area contributed by atoms with Gasteiger partial charge in [0.2, 0.25) is 0 Å². The van der Waals surface area contributed by atoms with Gasteiger partial charge in [0.05, 0.1) is 16.7 Å². The summed E-state index contributed by atoms with van der Waals surface area (Å²) in [4.78, 5) is 1.03. The van der Waals surface area contributed by atoms with Crippen LogP contribution in [0.1, 0.15) is 23.8 Å². The Morgan fingerprint density at radius 2 is 2.29 bits per heavy atom. The Morgan fingerprint density at radius 1 is 1.59 bits per heavy atom. The van der Waals surface area contributed by atoms with Crippen molar-refractivity contribution in [1.29, 1.82) is 0 Å². The van der Waals surface area contributed by atoms with Gasteiger partial charge in [-0.05, 0) is 11.4 Å². The van der Waals surface area contributed by atoms with Crippen molar-refractivity contribution in [3.05, 3.63) is 21.3 Å². The molecule has 17 heavy (non-hydrogen) atoms. The second kappa shape index (κ2) is 5.65. The highest BCUT2D eigenvalue weighted by Crippen LogP contribution is 2.41. The molecule has 1 aliphatic heterocycles. The summed E-state index contributed by atoms with van der Waals surface area (Å²) in [7, 11) is 1.72. The Morgan fingerprint density at radius 3 is 2.76 bits per heavy atom. The second-order valence-electron chi connectivity index (χ2n) is 4.11. The first-order valence-corrected chi connectivity index (χ1v) is 6.81. The molecule has 3 N–H and O–H groups in total. The highest BCUT2D eigenvalue weighted by Gasteiger charge is 2.42. The third-order valence-electron chi connectivity index (χ3n) is 3.35. The number of thiophene rings is 1. The van der Waals surface area contributed by atoms with Gasteiger partial charge < -0.3 is 9.47 Å². The molecular formula is C11H17ClN2O2S. The zero-order chi connectivity index (χ0) is 12.3. The van der Waals surface area contributed by atoms with Gasteiger partial charge in [-0.1, -0.05) is 11.6 Å². The van der Waals surface area contributed by atoms with Crippen LogP contribution in [0.25, 0.3) is 0 Å². The molecule has 1 aromatic heterocycles. The molecule has 1 atom stereocenters. The normalized spacial score (nSPS) is 21.4. The summed E-state index contributed by atoms with van der Waals surface area (Å²) >= 11 is 7.77. The molecule has 0 saturated carbocycles. The lowest BCUT2D eigenvalue weighted by Crippen LogP contribution is -2.51. The lowest BCUT2D eigenvalue weighted by Gasteiger charge is -2.41. The van der Waals surface area contributed by atoms with Crippen molar-refractivity contribution in [3.8, 4) is 0 Å². The van der Waals surface area contributed by atoms with E-state index in [4.69, 9.17) is 26.9 Å². The lowest BCUT2D eigenvalue weighted by molar-refractivity contribution is -0.111. The van der Waals surface area contributed by atoms with Crippen LogP contribution in [0.3, 0.4) is 0 Å². The number of halogens is 1. The maximum absolute atomic E-state index is 6.18. The smallest absolute Gasteiger partial charge is 0.0937 e. The van der Waals surface area contributed by atoms with Crippen LogP contribution in [-0.2, 0) is 9.47 Å². The molecule has 2 rings (SSSR count). The largest absolute Gasteiger partial charge is 0.381 e. The van der Waals surface area contributed by atoms with Crippen molar-refractivity contribution in [2.24, 2.45) is 5.84 Å². The third-order valence-corrected chi connectivity index (χ3v) is 4.77. The molecule has 0 aliphatic carbocycles. The average Bonchev–Trinajstić information content (AvgIpc) is 2.78. The number of nitrogens with two attached hydrogens (primary N) is 1. The lowest BCUT2D eigenvalue weighted by atomic mass is 9.85. The Balaban J connectivity index is 2.29. The van der Waals surface area contributed by atoms with Crippen LogP contribution in [0.5, 0.6) is 0 Å². The zero-order valence-electron chi connectivity index (χ0n) is 9.74. The molecule has 0 spiro atoms. The van der Waals surface area contributed by atoms with Crippen LogP contribution < -0.4 is 11.3 Å². The Labute approximate surface area is 110 Å². The molecular weight excluding hydrogens is 260 g/mol. The van der Waals surface area contributed by atoms with E-state index in [1.54, 1.807) is 18.4 Å². The first kappa shape index (κ1) is 13.3. The molecule has 2 heterocycles. The first-order chi connectivity index (χ1) is 8.23. The van der Waals surface area contributed by atoms with Gasteiger partial charge in [0, 0.05) is 38.0 Å². The standard InChI is InChI=1S/C11H17ClN2O2S/c1-15-11(3-5-16-6-4-11)10(14-13)9-8(12)2-7-17-9/h2,7,10,14H,3-6,13H2,1H3. The number of hydrogen-bond donors (Lipinski definition) is 2. The fourth-order valence-corrected chi connectivity index (χ4v) is 3.64. The number of nitrogens with one attached hydrogen (secondary N) is 1. The van der Waals surface area contributed by atoms with E-state index in [1.165, 1.54) is 0 Å². The topological polar surface area (TPSA) is 56.5 Å². The molecule has 0 aromatic carbocycles. The summed E-state index contributed by atoms with van der Waals surface area (Å²) in [5, 5.41) is 2.70. The van der Waals surface area contributed by atoms with E-state index < -0.39 is 0 Å². The minimum Gasteiger partial charge on any atom is -0.381 e. The minimum atomic E-state index is -0.332. The van der Waals surface area contributed by atoms with E-state index >= 15 is 0 Å². The predicted molar refractivity (Wildman–Crippen MR) is 69.2 cm³/mol. The monoisotopic (exact) mass is 276 g/mol. The van der Waals surface area contributed by atoms with E-state index in [0.717, 1.165) is 22.7 Å². The van der Waals surface area contributed by atoms with Crippen molar-refractivity contribution in [2.45, 2.75) is 24.5 Å². The third kappa shape index (κ3) is 2.50. The zero-order valence-corrected chi connectivity index (χ0v) is 11.3. The van der Waals surface area contributed by atoms with Crippen LogP contribution >= 0.6 is 22.9 Å². The fourth-order valence-electron chi connectivity index (χ4n) is 2.31. The average molecular weight is 277 g/mol. The number of ether oxygens (including phenoxy) is 2. The summed E-state index contributed by atoms with van der Waals surface area (Å²) < 4.78 is 11.1. The number of rotatable bonds is 4. The number of hydrogen-bond acceptors (Lipinski definition) is 5. The molecule has 1 aliphatic rings. The first-order valence-electron chi connectivity index (χ1n) is 5.55. The molecule has 96 valence electrons. The molecule has 1 saturated heterocycles. The summed E-state index contributed by atoms with van der Waals surface area (Å²) in [5.74, 6) is 5.70. The molecule has 0 amide bonds. The van der Waals surface area contributed by atoms with Crippen molar-refractivity contribution in [3.63, 3.8) is 0 Å². The maximum atomic E-state index is 6.18. The van der Waals surface area contributed by atoms with E-state index in [2.05, 4.69) is 5.43 Å². The molecule has 1 fully saturated rings. The predicted octanol–water partition coefficient (Wildman–Crippen LogP) is 2.10. The Kier molecular flexibility index (Phi) is 4.41. The molecule has 6 heteroatoms. The SMILES string of the molecule is COC1(C(NN)c2sccc2Cl)CCOCC1. The fraction of sp³-hybridized carbons (Fsp3) is 0.636. The van der Waals surface area contributed by atoms with Crippen LogP contribution in [0.15, 0.2) is 11.4 Å². The van der Waals surface area contributed by atoms with Crippen molar-refractivity contribution in [1.82, 2.24) is 5.43 Å². The van der Waals surface area contributed by atoms with Gasteiger partial charge in [0.1, 0.15) is 0 Å². The van der Waals surface area contributed by atoms with Crippen LogP contribution in [-0.4, -0.2) is 25.9 Å². The quantitative estimate of drug-likeness (QED) is 0.653. The van der Waals surface area contributed by atoms with Crippen molar-refractivity contribution < 1.29 is 9.47 Å². The summed E-state index contributed by atoms with van der Waals surface area (Å²) in [6.07, 6.45) is 1.62. The van der Waals surface area contributed by atoms with Crippen LogP contribution in [0, 0.1) is 0 Å². The van der Waals surface area contributed by atoms with Crippen LogP contribution in [0.2, 0.25) is 5.02 Å². The van der Waals surface area contributed by atoms with Gasteiger partial charge in [-0.2, -0.15) is 0 Å². The Bertz CT molecular complexity index is 366. The number of methoxy groups -OCH3 is 1. The van der Waals surface area contributed by atoms with Gasteiger partial charge in [0.25, 0.3) is 0 Å². The van der Waals surface area contributed by atoms with E-state index in [1.807, 2.05) is 11.4 Å². The maximum Gasteiger partial charge on any atom is 0.0937 e. The van der Waals surface area contributed by atoms with Gasteiger partial charge in [-0.15, -0.1) is 11.3 Å². The van der Waals surface area contributed by atoms with E-state index in [-0.39, 0.29) is 11.6 Å². The van der Waals surface area contributed by atoms with Gasteiger partial charge in [-0.3, -0.25) is 5.84 Å². The van der Waals surface area contributed by atoms with Crippen molar-refractivity contribution >= 4 is 22.9 Å². The van der Waals surface area contributed by atoms with Gasteiger partial charge in [-0.25, -0.2) is 5.43 Å². The highest BCUT2D eigenvalue weighted by atomic mass is 35.5. The van der Waals surface area contributed by atoms with E-state index in [9.17, 15) is 0 Å². The van der Waals surface area contributed by atoms with Crippen molar-refractivity contribution in [2.75, 3.05) is 20.3 Å².